The van der Waals surface area contributed by atoms with Gasteiger partial charge in [0, 0.05) is 13.2 Å². The van der Waals surface area contributed by atoms with Crippen LogP contribution in [0.5, 0.6) is 0 Å². The molecule has 28 heavy (non-hydrogen) atoms. The van der Waals surface area contributed by atoms with Crippen molar-refractivity contribution in [1.29, 1.82) is 0 Å². The minimum Gasteiger partial charge on any atom is -0.373 e. The number of nitrogens with two attached hydrogens (primary N) is 1. The van der Waals surface area contributed by atoms with Gasteiger partial charge in [0.2, 0.25) is 12.3 Å². The van der Waals surface area contributed by atoms with Crippen LogP contribution in [0.2, 0.25) is 0 Å². The summed E-state index contributed by atoms with van der Waals surface area (Å²) in [7, 11) is 0. The third-order valence-corrected chi connectivity index (χ3v) is 4.81. The van der Waals surface area contributed by atoms with Crippen LogP contribution in [-0.4, -0.2) is 48.5 Å². The highest BCUT2D eigenvalue weighted by Gasteiger charge is 2.34. The second-order valence-electron chi connectivity index (χ2n) is 7.57. The standard InChI is InChI=1S/C20H36FN3O4/c1-5-6-7-8-9-10-11-27-16(4)18(21)28-23-20(26)24-13-14(2)12-15(3)17(24)19(22)25/h12,14,16-18H,5-11,13H2,1-4H3,(H2,22,25)(H,23,26)/t14?,16?,17-,18-/m0/s1. The molecule has 7 nitrogen and oxygen atoms in total. The van der Waals surface area contributed by atoms with Gasteiger partial charge in [0.1, 0.15) is 12.1 Å². The van der Waals surface area contributed by atoms with E-state index in [0.29, 0.717) is 18.7 Å². The number of primary amides is 1. The Hall–Kier alpha value is -1.67. The van der Waals surface area contributed by atoms with Gasteiger partial charge < -0.3 is 15.4 Å². The molecule has 0 fully saturated rings. The fourth-order valence-electron chi connectivity index (χ4n) is 3.32. The number of amides is 3. The quantitative estimate of drug-likeness (QED) is 0.298. The van der Waals surface area contributed by atoms with Gasteiger partial charge in [-0.3, -0.25) is 4.79 Å². The summed E-state index contributed by atoms with van der Waals surface area (Å²) in [6, 6.07) is -1.56. The maximum Gasteiger partial charge on any atom is 0.342 e. The SMILES string of the molecule is CCCCCCCCOC(C)[C@@H](F)ONC(=O)N1CC(C)C=C(C)[C@H]1C(N)=O. The molecule has 4 atom stereocenters. The van der Waals surface area contributed by atoms with Crippen molar-refractivity contribution in [3.05, 3.63) is 11.6 Å². The number of hydroxylamine groups is 1. The average molecular weight is 402 g/mol. The lowest BCUT2D eigenvalue weighted by Gasteiger charge is -2.35. The van der Waals surface area contributed by atoms with Crippen molar-refractivity contribution in [2.24, 2.45) is 11.7 Å². The van der Waals surface area contributed by atoms with E-state index in [1.807, 2.05) is 13.0 Å². The zero-order valence-electron chi connectivity index (χ0n) is 17.6. The first-order chi connectivity index (χ1) is 13.3. The summed E-state index contributed by atoms with van der Waals surface area (Å²) in [5.74, 6) is -0.578. The molecule has 0 radical (unpaired) electrons. The molecule has 3 N–H and O–H groups in total. The number of hydrogen-bond acceptors (Lipinski definition) is 4. The van der Waals surface area contributed by atoms with Crippen LogP contribution >= 0.6 is 0 Å². The van der Waals surface area contributed by atoms with E-state index in [2.05, 4.69) is 12.4 Å². The molecule has 3 amide bonds. The maximum absolute atomic E-state index is 14.1. The van der Waals surface area contributed by atoms with E-state index in [4.69, 9.17) is 15.3 Å². The van der Waals surface area contributed by atoms with Gasteiger partial charge in [-0.25, -0.2) is 19.5 Å². The summed E-state index contributed by atoms with van der Waals surface area (Å²) in [4.78, 5) is 30.1. The molecule has 162 valence electrons. The Balaban J connectivity index is 2.36. The van der Waals surface area contributed by atoms with Gasteiger partial charge in [0.15, 0.2) is 0 Å². The third-order valence-electron chi connectivity index (χ3n) is 4.81. The van der Waals surface area contributed by atoms with Crippen molar-refractivity contribution < 1.29 is 23.6 Å². The smallest absolute Gasteiger partial charge is 0.342 e. The first kappa shape index (κ1) is 24.4. The topological polar surface area (TPSA) is 93.9 Å². The van der Waals surface area contributed by atoms with Crippen molar-refractivity contribution in [3.63, 3.8) is 0 Å². The molecule has 0 aromatic carbocycles. The third kappa shape index (κ3) is 8.14. The molecule has 8 heteroatoms. The summed E-state index contributed by atoms with van der Waals surface area (Å²) in [5, 5.41) is 0. The minimum absolute atomic E-state index is 0.0575. The van der Waals surface area contributed by atoms with E-state index in [9.17, 15) is 14.0 Å². The number of rotatable bonds is 12. The first-order valence-corrected chi connectivity index (χ1v) is 10.2. The fourth-order valence-corrected chi connectivity index (χ4v) is 3.32. The Morgan fingerprint density at radius 3 is 2.61 bits per heavy atom. The molecule has 1 heterocycles. The maximum atomic E-state index is 14.1. The van der Waals surface area contributed by atoms with Crippen molar-refractivity contribution in [2.75, 3.05) is 13.2 Å². The zero-order chi connectivity index (χ0) is 21.1. The molecule has 1 aliphatic rings. The van der Waals surface area contributed by atoms with Crippen LogP contribution in [0.1, 0.15) is 66.2 Å². The van der Waals surface area contributed by atoms with Gasteiger partial charge in [-0.15, -0.1) is 0 Å². The first-order valence-electron chi connectivity index (χ1n) is 10.2. The Morgan fingerprint density at radius 1 is 1.32 bits per heavy atom. The number of alkyl halides is 1. The molecule has 0 spiro atoms. The van der Waals surface area contributed by atoms with Gasteiger partial charge in [0.25, 0.3) is 0 Å². The van der Waals surface area contributed by atoms with Crippen LogP contribution in [0.4, 0.5) is 9.18 Å². The van der Waals surface area contributed by atoms with E-state index in [1.165, 1.54) is 24.2 Å². The van der Waals surface area contributed by atoms with Crippen LogP contribution in [-0.2, 0) is 14.4 Å². The van der Waals surface area contributed by atoms with Crippen LogP contribution in [0, 0.1) is 5.92 Å². The van der Waals surface area contributed by atoms with Crippen LogP contribution in [0.3, 0.4) is 0 Å². The number of ether oxygens (including phenoxy) is 1. The summed E-state index contributed by atoms with van der Waals surface area (Å²) in [6.07, 6.45) is 5.99. The van der Waals surface area contributed by atoms with Gasteiger partial charge >= 0.3 is 6.03 Å². The van der Waals surface area contributed by atoms with Crippen molar-refractivity contribution in [3.8, 4) is 0 Å². The number of halogens is 1. The van der Waals surface area contributed by atoms with Crippen molar-refractivity contribution in [2.45, 2.75) is 84.7 Å². The van der Waals surface area contributed by atoms with Crippen molar-refractivity contribution >= 4 is 11.9 Å². The summed E-state index contributed by atoms with van der Waals surface area (Å²) in [5.41, 5.74) is 8.17. The van der Waals surface area contributed by atoms with Gasteiger partial charge in [-0.1, -0.05) is 52.0 Å². The van der Waals surface area contributed by atoms with E-state index in [0.717, 1.165) is 19.3 Å². The lowest BCUT2D eigenvalue weighted by Crippen LogP contribution is -2.55. The fraction of sp³-hybridized carbons (Fsp3) is 0.800. The number of carbonyl (C=O) groups excluding carboxylic acids is 2. The second kappa shape index (κ2) is 12.7. The molecule has 1 aliphatic heterocycles. The Kier molecular flexibility index (Phi) is 11.1. The van der Waals surface area contributed by atoms with Gasteiger partial charge in [0.05, 0.1) is 0 Å². The number of nitrogens with one attached hydrogen (secondary N) is 1. The summed E-state index contributed by atoms with van der Waals surface area (Å²) in [6.45, 7) is 8.11. The van der Waals surface area contributed by atoms with Crippen molar-refractivity contribution in [1.82, 2.24) is 10.4 Å². The van der Waals surface area contributed by atoms with Crippen LogP contribution in [0.25, 0.3) is 0 Å². The number of unbranched alkanes of at least 4 members (excludes halogenated alkanes) is 5. The molecule has 0 saturated heterocycles. The monoisotopic (exact) mass is 401 g/mol. The number of urea groups is 1. The van der Waals surface area contributed by atoms with Crippen LogP contribution in [0.15, 0.2) is 11.6 Å². The Bertz CT molecular complexity index is 530. The minimum atomic E-state index is -1.81. The molecule has 0 aliphatic carbocycles. The lowest BCUT2D eigenvalue weighted by molar-refractivity contribution is -0.156. The Morgan fingerprint density at radius 2 is 1.96 bits per heavy atom. The van der Waals surface area contributed by atoms with Gasteiger partial charge in [-0.2, -0.15) is 0 Å². The average Bonchev–Trinajstić information content (AvgIpc) is 2.63. The molecular weight excluding hydrogens is 365 g/mol. The van der Waals surface area contributed by atoms with Crippen LogP contribution < -0.4 is 11.2 Å². The van der Waals surface area contributed by atoms with E-state index < -0.39 is 30.4 Å². The number of carbonyl (C=O) groups is 2. The molecule has 0 bridgehead atoms. The molecular formula is C20H36FN3O4. The Labute approximate surface area is 167 Å². The highest BCUT2D eigenvalue weighted by molar-refractivity contribution is 5.88. The highest BCUT2D eigenvalue weighted by atomic mass is 19.1. The zero-order valence-corrected chi connectivity index (χ0v) is 17.6. The predicted octanol–water partition coefficient (Wildman–Crippen LogP) is 3.44. The highest BCUT2D eigenvalue weighted by Crippen LogP contribution is 2.21. The largest absolute Gasteiger partial charge is 0.373 e. The normalized spacial score (nSPS) is 21.8. The second-order valence-corrected chi connectivity index (χ2v) is 7.57. The number of hydrogen-bond donors (Lipinski definition) is 2. The molecule has 0 aromatic heterocycles. The summed E-state index contributed by atoms with van der Waals surface area (Å²) < 4.78 is 19.6. The molecule has 0 saturated carbocycles. The molecule has 0 aromatic rings. The molecule has 2 unspecified atom stereocenters. The number of nitrogens with zero attached hydrogens (tertiary/aromatic N) is 1. The predicted molar refractivity (Wildman–Crippen MR) is 106 cm³/mol. The van der Waals surface area contributed by atoms with E-state index in [-0.39, 0.29) is 5.92 Å². The van der Waals surface area contributed by atoms with E-state index in [1.54, 1.807) is 13.8 Å². The summed E-state index contributed by atoms with van der Waals surface area (Å²) >= 11 is 0. The lowest BCUT2D eigenvalue weighted by atomic mass is 9.95. The van der Waals surface area contributed by atoms with Gasteiger partial charge in [-0.05, 0) is 31.8 Å². The molecule has 1 rings (SSSR count). The van der Waals surface area contributed by atoms with E-state index >= 15 is 0 Å².